The highest BCUT2D eigenvalue weighted by Crippen LogP contribution is 2.32. The zero-order valence-electron chi connectivity index (χ0n) is 11.1. The van der Waals surface area contributed by atoms with Crippen LogP contribution in [-0.4, -0.2) is 17.6 Å². The predicted octanol–water partition coefficient (Wildman–Crippen LogP) is 3.41. The first-order chi connectivity index (χ1) is 8.65. The summed E-state index contributed by atoms with van der Waals surface area (Å²) in [4.78, 5) is 4.20. The fourth-order valence-corrected chi connectivity index (χ4v) is 1.89. The van der Waals surface area contributed by atoms with Gasteiger partial charge in [-0.15, -0.1) is 0 Å². The van der Waals surface area contributed by atoms with Crippen LogP contribution in [0.3, 0.4) is 0 Å². The van der Waals surface area contributed by atoms with E-state index in [1.807, 2.05) is 6.07 Å². The molecule has 1 N–H and O–H groups in total. The number of nitrogens with zero attached hydrogens (tertiary/aromatic N) is 1. The second-order valence-corrected chi connectivity index (χ2v) is 5.64. The molecule has 1 heterocycles. The van der Waals surface area contributed by atoms with Crippen LogP contribution in [-0.2, 0) is 6.54 Å². The van der Waals surface area contributed by atoms with Gasteiger partial charge in [0.05, 0.1) is 11.6 Å². The second kappa shape index (κ2) is 6.39. The third-order valence-electron chi connectivity index (χ3n) is 3.08. The SMILES string of the molecule is CC(C)NCc1cc(OCCC2CC2)ncc1Cl. The average Bonchev–Trinajstić information content (AvgIpc) is 3.13. The lowest BCUT2D eigenvalue weighted by Gasteiger charge is -2.11. The van der Waals surface area contributed by atoms with E-state index in [1.165, 1.54) is 12.8 Å². The number of aromatic nitrogens is 1. The van der Waals surface area contributed by atoms with Crippen molar-refractivity contribution in [3.05, 3.63) is 22.8 Å². The van der Waals surface area contributed by atoms with Crippen LogP contribution in [0, 0.1) is 5.92 Å². The minimum absolute atomic E-state index is 0.438. The molecular formula is C14H21ClN2O. The summed E-state index contributed by atoms with van der Waals surface area (Å²) >= 11 is 6.12. The first-order valence-electron chi connectivity index (χ1n) is 6.65. The highest BCUT2D eigenvalue weighted by atomic mass is 35.5. The molecule has 1 aliphatic carbocycles. The molecule has 0 radical (unpaired) electrons. The maximum absolute atomic E-state index is 6.12. The van der Waals surface area contributed by atoms with Crippen LogP contribution in [0.25, 0.3) is 0 Å². The summed E-state index contributed by atoms with van der Waals surface area (Å²) in [6.07, 6.45) is 5.54. The van der Waals surface area contributed by atoms with Gasteiger partial charge in [-0.05, 0) is 17.9 Å². The van der Waals surface area contributed by atoms with Gasteiger partial charge in [-0.2, -0.15) is 0 Å². The Labute approximate surface area is 114 Å². The normalized spacial score (nSPS) is 15.1. The fraction of sp³-hybridized carbons (Fsp3) is 0.643. The van der Waals surface area contributed by atoms with Crippen LogP contribution in [0.1, 0.15) is 38.7 Å². The second-order valence-electron chi connectivity index (χ2n) is 5.23. The summed E-state index contributed by atoms with van der Waals surface area (Å²) in [5.74, 6) is 1.57. The van der Waals surface area contributed by atoms with Crippen LogP contribution in [0.2, 0.25) is 5.02 Å². The largest absolute Gasteiger partial charge is 0.478 e. The van der Waals surface area contributed by atoms with E-state index in [-0.39, 0.29) is 0 Å². The van der Waals surface area contributed by atoms with E-state index in [2.05, 4.69) is 24.1 Å². The molecule has 1 saturated carbocycles. The molecule has 100 valence electrons. The number of halogens is 1. The molecule has 0 unspecified atom stereocenters. The van der Waals surface area contributed by atoms with Gasteiger partial charge in [-0.25, -0.2) is 4.98 Å². The molecule has 1 aromatic heterocycles. The van der Waals surface area contributed by atoms with Crippen molar-refractivity contribution < 1.29 is 4.74 Å². The molecule has 1 fully saturated rings. The molecule has 0 aliphatic heterocycles. The Hall–Kier alpha value is -0.800. The minimum atomic E-state index is 0.438. The van der Waals surface area contributed by atoms with Crippen LogP contribution >= 0.6 is 11.6 Å². The van der Waals surface area contributed by atoms with Crippen molar-refractivity contribution >= 4 is 11.6 Å². The van der Waals surface area contributed by atoms with Crippen LogP contribution < -0.4 is 10.1 Å². The molecule has 0 aromatic carbocycles. The quantitative estimate of drug-likeness (QED) is 0.823. The topological polar surface area (TPSA) is 34.1 Å². The Kier molecular flexibility index (Phi) is 4.84. The van der Waals surface area contributed by atoms with E-state index in [9.17, 15) is 0 Å². The van der Waals surface area contributed by atoms with Crippen molar-refractivity contribution in [2.45, 2.75) is 45.7 Å². The van der Waals surface area contributed by atoms with E-state index < -0.39 is 0 Å². The monoisotopic (exact) mass is 268 g/mol. The van der Waals surface area contributed by atoms with Crippen molar-refractivity contribution in [1.29, 1.82) is 0 Å². The first-order valence-corrected chi connectivity index (χ1v) is 7.03. The summed E-state index contributed by atoms with van der Waals surface area (Å²) in [5.41, 5.74) is 1.04. The minimum Gasteiger partial charge on any atom is -0.478 e. The third-order valence-corrected chi connectivity index (χ3v) is 3.42. The van der Waals surface area contributed by atoms with Crippen molar-refractivity contribution in [2.24, 2.45) is 5.92 Å². The number of rotatable bonds is 7. The van der Waals surface area contributed by atoms with Crippen LogP contribution in [0.15, 0.2) is 12.3 Å². The Balaban J connectivity index is 1.87. The fourth-order valence-electron chi connectivity index (χ4n) is 1.72. The van der Waals surface area contributed by atoms with Crippen molar-refractivity contribution in [3.8, 4) is 5.88 Å². The molecule has 2 rings (SSSR count). The number of pyridine rings is 1. The Morgan fingerprint density at radius 2 is 2.28 bits per heavy atom. The molecule has 4 heteroatoms. The smallest absolute Gasteiger partial charge is 0.213 e. The molecular weight excluding hydrogens is 248 g/mol. The molecule has 0 atom stereocenters. The van der Waals surface area contributed by atoms with E-state index in [0.29, 0.717) is 16.9 Å². The molecule has 18 heavy (non-hydrogen) atoms. The van der Waals surface area contributed by atoms with Crippen molar-refractivity contribution in [2.75, 3.05) is 6.61 Å². The van der Waals surface area contributed by atoms with E-state index in [1.54, 1.807) is 6.20 Å². The zero-order chi connectivity index (χ0) is 13.0. The Morgan fingerprint density at radius 1 is 1.50 bits per heavy atom. The van der Waals surface area contributed by atoms with Gasteiger partial charge in [0.1, 0.15) is 0 Å². The van der Waals surface area contributed by atoms with Gasteiger partial charge in [0, 0.05) is 24.8 Å². The van der Waals surface area contributed by atoms with Gasteiger partial charge in [-0.1, -0.05) is 38.3 Å². The highest BCUT2D eigenvalue weighted by molar-refractivity contribution is 6.31. The lowest BCUT2D eigenvalue weighted by molar-refractivity contribution is 0.291. The summed E-state index contributed by atoms with van der Waals surface area (Å²) in [5, 5.41) is 4.04. The molecule has 0 spiro atoms. The number of ether oxygens (including phenoxy) is 1. The number of hydrogen-bond acceptors (Lipinski definition) is 3. The lowest BCUT2D eigenvalue weighted by Crippen LogP contribution is -2.22. The Bertz CT molecular complexity index is 391. The van der Waals surface area contributed by atoms with Gasteiger partial charge in [0.2, 0.25) is 5.88 Å². The maximum Gasteiger partial charge on any atom is 0.213 e. The van der Waals surface area contributed by atoms with Crippen LogP contribution in [0.5, 0.6) is 5.88 Å². The summed E-state index contributed by atoms with van der Waals surface area (Å²) in [7, 11) is 0. The standard InChI is InChI=1S/C14H21ClN2O/c1-10(2)16-8-12-7-14(17-9-13(12)15)18-6-5-11-3-4-11/h7,9-11,16H,3-6,8H2,1-2H3. The average molecular weight is 269 g/mol. The number of hydrogen-bond donors (Lipinski definition) is 1. The van der Waals surface area contributed by atoms with Gasteiger partial charge in [0.25, 0.3) is 0 Å². The summed E-state index contributed by atoms with van der Waals surface area (Å²) in [6.45, 7) is 5.73. The lowest BCUT2D eigenvalue weighted by atomic mass is 10.2. The van der Waals surface area contributed by atoms with Crippen molar-refractivity contribution in [3.63, 3.8) is 0 Å². The predicted molar refractivity (Wildman–Crippen MR) is 74.1 cm³/mol. The van der Waals surface area contributed by atoms with Gasteiger partial charge >= 0.3 is 0 Å². The van der Waals surface area contributed by atoms with E-state index in [4.69, 9.17) is 16.3 Å². The van der Waals surface area contributed by atoms with Gasteiger partial charge in [-0.3, -0.25) is 0 Å². The Morgan fingerprint density at radius 3 is 2.94 bits per heavy atom. The molecule has 3 nitrogen and oxygen atoms in total. The molecule has 1 aliphatic rings. The number of nitrogens with one attached hydrogen (secondary N) is 1. The van der Waals surface area contributed by atoms with E-state index in [0.717, 1.165) is 31.1 Å². The first kappa shape index (κ1) is 13.6. The van der Waals surface area contributed by atoms with E-state index >= 15 is 0 Å². The molecule has 0 bridgehead atoms. The molecule has 0 saturated heterocycles. The summed E-state index contributed by atoms with van der Waals surface area (Å²) in [6, 6.07) is 2.37. The van der Waals surface area contributed by atoms with Gasteiger partial charge < -0.3 is 10.1 Å². The molecule has 1 aromatic rings. The molecule has 0 amide bonds. The van der Waals surface area contributed by atoms with Crippen molar-refractivity contribution in [1.82, 2.24) is 10.3 Å². The third kappa shape index (κ3) is 4.46. The highest BCUT2D eigenvalue weighted by Gasteiger charge is 2.20. The zero-order valence-corrected chi connectivity index (χ0v) is 11.8. The maximum atomic E-state index is 6.12. The summed E-state index contributed by atoms with van der Waals surface area (Å²) < 4.78 is 5.66. The van der Waals surface area contributed by atoms with Crippen LogP contribution in [0.4, 0.5) is 0 Å². The van der Waals surface area contributed by atoms with Gasteiger partial charge in [0.15, 0.2) is 0 Å².